The summed E-state index contributed by atoms with van der Waals surface area (Å²) in [6.07, 6.45) is -2.01. The zero-order chi connectivity index (χ0) is 25.6. The number of hydrogen-bond donors (Lipinski definition) is 7. The molecule has 0 aromatic carbocycles. The van der Waals surface area contributed by atoms with E-state index in [1.54, 1.807) is 0 Å². The second-order valence-electron chi connectivity index (χ2n) is 6.74. The first-order chi connectivity index (χ1) is 14.8. The number of rotatable bonds is 8. The van der Waals surface area contributed by atoms with E-state index in [1.807, 2.05) is 5.92 Å². The van der Waals surface area contributed by atoms with Crippen molar-refractivity contribution < 1.29 is 61.4 Å². The molecule has 2 heterocycles. The molecule has 17 nitrogen and oxygen atoms in total. The fourth-order valence-corrected chi connectivity index (χ4v) is 6.19. The lowest BCUT2D eigenvalue weighted by molar-refractivity contribution is -0.0876. The second kappa shape index (κ2) is 9.29. The Labute approximate surface area is 185 Å². The van der Waals surface area contributed by atoms with E-state index in [4.69, 9.17) is 26.7 Å². The van der Waals surface area contributed by atoms with E-state index in [-0.39, 0.29) is 11.5 Å². The number of phosphoric acid groups is 3. The molecule has 20 heteroatoms. The average molecular weight is 535 g/mol. The SMILES string of the molecule is C#CC1(O)[C@@H](O)C([C@@H](C)OP(=O)(O)OP(=O)(O)OP(=O)(O)O)O[C@H]1n1c(C)cc(N)nc1=O. The zero-order valence-electron chi connectivity index (χ0n) is 16.7. The molecule has 33 heavy (non-hydrogen) atoms. The number of aliphatic hydroxyl groups excluding tert-OH is 1. The van der Waals surface area contributed by atoms with Gasteiger partial charge in [-0.2, -0.15) is 13.6 Å². The first-order valence-electron chi connectivity index (χ1n) is 8.53. The van der Waals surface area contributed by atoms with E-state index in [0.717, 1.165) is 11.5 Å². The van der Waals surface area contributed by atoms with E-state index in [1.165, 1.54) is 13.0 Å². The summed E-state index contributed by atoms with van der Waals surface area (Å²) in [4.78, 5) is 51.8. The number of aryl methyl sites for hydroxylation is 1. The summed E-state index contributed by atoms with van der Waals surface area (Å²) in [5.41, 5.74) is 1.98. The number of anilines is 1. The number of hydrogen-bond acceptors (Lipinski definition) is 12. The maximum atomic E-state index is 12.3. The third-order valence-electron chi connectivity index (χ3n) is 4.24. The van der Waals surface area contributed by atoms with Crippen molar-refractivity contribution in [1.29, 1.82) is 0 Å². The predicted molar refractivity (Wildman–Crippen MR) is 106 cm³/mol. The van der Waals surface area contributed by atoms with Crippen LogP contribution in [0, 0.1) is 19.3 Å². The van der Waals surface area contributed by atoms with Gasteiger partial charge in [-0.3, -0.25) is 9.09 Å². The molecule has 0 aliphatic carbocycles. The van der Waals surface area contributed by atoms with Gasteiger partial charge in [-0.05, 0) is 19.9 Å². The van der Waals surface area contributed by atoms with E-state index in [9.17, 15) is 38.5 Å². The Hall–Kier alpha value is -1.47. The number of nitrogen functional groups attached to an aromatic ring is 1. The highest BCUT2D eigenvalue weighted by Crippen LogP contribution is 2.66. The number of terminal acetylenes is 1. The number of aliphatic hydroxyl groups is 2. The van der Waals surface area contributed by atoms with Gasteiger partial charge in [-0.15, -0.1) is 6.42 Å². The Balaban J connectivity index is 2.32. The highest BCUT2D eigenvalue weighted by Gasteiger charge is 2.58. The van der Waals surface area contributed by atoms with Crippen LogP contribution >= 0.6 is 23.5 Å². The molecule has 1 fully saturated rings. The Morgan fingerprint density at radius 3 is 2.33 bits per heavy atom. The van der Waals surface area contributed by atoms with Gasteiger partial charge in [0.05, 0.1) is 6.10 Å². The molecule has 0 spiro atoms. The van der Waals surface area contributed by atoms with Crippen LogP contribution in [0.15, 0.2) is 10.9 Å². The van der Waals surface area contributed by atoms with Gasteiger partial charge in [-0.1, -0.05) is 5.92 Å². The first-order valence-corrected chi connectivity index (χ1v) is 13.1. The Morgan fingerprint density at radius 2 is 1.85 bits per heavy atom. The van der Waals surface area contributed by atoms with E-state index >= 15 is 0 Å². The lowest BCUT2D eigenvalue weighted by Gasteiger charge is -2.27. The van der Waals surface area contributed by atoms with Crippen LogP contribution in [0.5, 0.6) is 0 Å². The first kappa shape index (κ1) is 27.8. The standard InChI is InChI=1S/C13H20N3O14P3/c1-4-13(19)10(17)9(27-11(13)16-6(2)5-8(14)15-12(16)18)7(3)28-32(23,24)30-33(25,26)29-31(20,21)22/h1,5,7,9-11,17,19H,2-3H3,(H,23,24)(H,25,26)(H2,14,15,18)(H2,20,21,22)/t7-,9?,10+,11-,13?/m1/s1. The molecule has 186 valence electrons. The van der Waals surface area contributed by atoms with Crippen molar-refractivity contribution in [3.8, 4) is 12.3 Å². The fraction of sp³-hybridized carbons (Fsp3) is 0.538. The lowest BCUT2D eigenvalue weighted by Crippen LogP contribution is -2.49. The molecule has 0 saturated carbocycles. The molecule has 1 aromatic rings. The summed E-state index contributed by atoms with van der Waals surface area (Å²) in [6.45, 7) is 2.37. The van der Waals surface area contributed by atoms with Gasteiger partial charge in [-0.25, -0.2) is 18.5 Å². The third kappa shape index (κ3) is 6.36. The van der Waals surface area contributed by atoms with Crippen molar-refractivity contribution in [2.75, 3.05) is 5.73 Å². The van der Waals surface area contributed by atoms with Gasteiger partial charge in [0.15, 0.2) is 11.8 Å². The molecule has 0 amide bonds. The number of ether oxygens (including phenoxy) is 1. The molecular formula is C13H20N3O14P3. The van der Waals surface area contributed by atoms with Crippen LogP contribution < -0.4 is 11.4 Å². The average Bonchev–Trinajstić information content (AvgIpc) is 2.83. The van der Waals surface area contributed by atoms with Crippen LogP contribution in [0.25, 0.3) is 0 Å². The van der Waals surface area contributed by atoms with Crippen LogP contribution in [-0.4, -0.2) is 63.3 Å². The monoisotopic (exact) mass is 535 g/mol. The van der Waals surface area contributed by atoms with Gasteiger partial charge < -0.3 is 40.3 Å². The van der Waals surface area contributed by atoms with Gasteiger partial charge in [0, 0.05) is 5.69 Å². The smallest absolute Gasteiger partial charge is 0.386 e. The minimum absolute atomic E-state index is 0.111. The quantitative estimate of drug-likeness (QED) is 0.147. The van der Waals surface area contributed by atoms with E-state index in [0.29, 0.717) is 0 Å². The molecule has 1 saturated heterocycles. The van der Waals surface area contributed by atoms with Crippen LogP contribution in [0.3, 0.4) is 0 Å². The van der Waals surface area contributed by atoms with Crippen molar-refractivity contribution in [3.05, 3.63) is 22.2 Å². The summed E-state index contributed by atoms with van der Waals surface area (Å²) in [6, 6.07) is 1.23. The van der Waals surface area contributed by atoms with Crippen molar-refractivity contribution >= 4 is 29.3 Å². The van der Waals surface area contributed by atoms with Gasteiger partial charge in [0.2, 0.25) is 0 Å². The molecular weight excluding hydrogens is 515 g/mol. The van der Waals surface area contributed by atoms with Crippen LogP contribution in [0.2, 0.25) is 0 Å². The van der Waals surface area contributed by atoms with Crippen LogP contribution in [0.1, 0.15) is 18.8 Å². The molecule has 7 atom stereocenters. The highest BCUT2D eigenvalue weighted by molar-refractivity contribution is 7.66. The number of nitrogens with two attached hydrogens (primary N) is 1. The molecule has 1 aliphatic heterocycles. The number of nitrogens with zero attached hydrogens (tertiary/aromatic N) is 2. The molecule has 8 N–H and O–H groups in total. The predicted octanol–water partition coefficient (Wildman–Crippen LogP) is -1.51. The van der Waals surface area contributed by atoms with Crippen LogP contribution in [0.4, 0.5) is 5.82 Å². The minimum atomic E-state index is -5.80. The highest BCUT2D eigenvalue weighted by atomic mass is 31.3. The van der Waals surface area contributed by atoms with Crippen molar-refractivity contribution in [3.63, 3.8) is 0 Å². The largest absolute Gasteiger partial charge is 0.490 e. The van der Waals surface area contributed by atoms with E-state index in [2.05, 4.69) is 18.1 Å². The summed E-state index contributed by atoms with van der Waals surface area (Å²) >= 11 is 0. The number of aromatic nitrogens is 2. The summed E-state index contributed by atoms with van der Waals surface area (Å²) in [7, 11) is -17.0. The summed E-state index contributed by atoms with van der Waals surface area (Å²) < 4.78 is 52.1. The zero-order valence-corrected chi connectivity index (χ0v) is 19.4. The molecule has 0 radical (unpaired) electrons. The van der Waals surface area contributed by atoms with Gasteiger partial charge in [0.25, 0.3) is 0 Å². The van der Waals surface area contributed by atoms with Crippen molar-refractivity contribution in [2.24, 2.45) is 0 Å². The van der Waals surface area contributed by atoms with E-state index < -0.39 is 59.3 Å². The normalized spacial score (nSPS) is 30.2. The molecule has 0 bridgehead atoms. The topological polar surface area (TPSA) is 270 Å². The summed E-state index contributed by atoms with van der Waals surface area (Å²) in [5.74, 6) is 1.71. The molecule has 1 aromatic heterocycles. The van der Waals surface area contributed by atoms with Gasteiger partial charge >= 0.3 is 29.2 Å². The van der Waals surface area contributed by atoms with Gasteiger partial charge in [0.1, 0.15) is 18.0 Å². The van der Waals surface area contributed by atoms with Crippen molar-refractivity contribution in [2.45, 2.75) is 44.0 Å². The number of phosphoric ester groups is 1. The maximum Gasteiger partial charge on any atom is 0.490 e. The molecule has 1 aliphatic rings. The minimum Gasteiger partial charge on any atom is -0.386 e. The second-order valence-corrected chi connectivity index (χ2v) is 11.1. The van der Waals surface area contributed by atoms with Crippen LogP contribution in [-0.2, 0) is 31.6 Å². The Morgan fingerprint density at radius 1 is 1.27 bits per heavy atom. The summed E-state index contributed by atoms with van der Waals surface area (Å²) in [5, 5.41) is 21.3. The fourth-order valence-electron chi connectivity index (χ4n) is 2.99. The van der Waals surface area contributed by atoms with Crippen molar-refractivity contribution in [1.82, 2.24) is 9.55 Å². The molecule has 4 unspecified atom stereocenters. The maximum absolute atomic E-state index is 12.3. The third-order valence-corrected chi connectivity index (χ3v) is 8.16. The molecule has 2 rings (SSSR count). The Kier molecular flexibility index (Phi) is 7.82. The Bertz CT molecular complexity index is 1160. The lowest BCUT2D eigenvalue weighted by atomic mass is 9.93.